The van der Waals surface area contributed by atoms with Crippen LogP contribution in [0.2, 0.25) is 0 Å². The highest BCUT2D eigenvalue weighted by molar-refractivity contribution is 9.10. The topological polar surface area (TPSA) is 47.6 Å². The largest absolute Gasteiger partial charge is 0.479 e. The minimum Gasteiger partial charge on any atom is -0.479 e. The Morgan fingerprint density at radius 1 is 1.44 bits per heavy atom. The average molecular weight is 283 g/mol. The Kier molecular flexibility index (Phi) is 3.96. The summed E-state index contributed by atoms with van der Waals surface area (Å²) in [5.74, 6) is 0.805. The van der Waals surface area contributed by atoms with Crippen molar-refractivity contribution in [2.75, 3.05) is 13.2 Å². The van der Waals surface area contributed by atoms with Crippen molar-refractivity contribution < 1.29 is 4.74 Å². The Morgan fingerprint density at radius 2 is 2.25 bits per heavy atom. The van der Waals surface area contributed by atoms with Crippen LogP contribution in [0.25, 0.3) is 0 Å². The van der Waals surface area contributed by atoms with Crippen LogP contribution in [-0.2, 0) is 11.2 Å². The molecule has 0 fully saturated rings. The number of hydrogen-bond donors (Lipinski definition) is 1. The molecule has 3 nitrogen and oxygen atoms in total. The van der Waals surface area contributed by atoms with Gasteiger partial charge in [-0.2, -0.15) is 0 Å². The second kappa shape index (κ2) is 5.46. The standard InChI is InChI=1S/C12H15BrN2O/c13-11-4-2-1-3-9(11)7-10-8-16-12(15-10)5-6-14/h1-4,10H,5-8,14H2. The summed E-state index contributed by atoms with van der Waals surface area (Å²) in [6.45, 7) is 1.28. The number of halogens is 1. The molecule has 0 bridgehead atoms. The van der Waals surface area contributed by atoms with Crippen molar-refractivity contribution in [3.8, 4) is 0 Å². The van der Waals surface area contributed by atoms with Crippen LogP contribution < -0.4 is 5.73 Å². The molecule has 0 amide bonds. The molecule has 4 heteroatoms. The van der Waals surface area contributed by atoms with E-state index < -0.39 is 0 Å². The smallest absolute Gasteiger partial charge is 0.184 e. The van der Waals surface area contributed by atoms with Crippen LogP contribution in [0.15, 0.2) is 33.7 Å². The van der Waals surface area contributed by atoms with Gasteiger partial charge < -0.3 is 10.5 Å². The molecule has 1 aliphatic rings. The van der Waals surface area contributed by atoms with Crippen molar-refractivity contribution in [3.05, 3.63) is 34.3 Å². The lowest BCUT2D eigenvalue weighted by atomic mass is 10.1. The molecule has 1 aromatic rings. The number of ether oxygens (including phenoxy) is 1. The summed E-state index contributed by atoms with van der Waals surface area (Å²) in [6.07, 6.45) is 1.65. The lowest BCUT2D eigenvalue weighted by Gasteiger charge is -2.06. The molecule has 2 rings (SSSR count). The van der Waals surface area contributed by atoms with Crippen molar-refractivity contribution >= 4 is 21.8 Å². The molecule has 1 heterocycles. The summed E-state index contributed by atoms with van der Waals surface area (Å²) >= 11 is 3.54. The van der Waals surface area contributed by atoms with E-state index in [0.29, 0.717) is 13.2 Å². The van der Waals surface area contributed by atoms with Crippen molar-refractivity contribution in [2.24, 2.45) is 10.7 Å². The molecule has 0 saturated carbocycles. The van der Waals surface area contributed by atoms with Crippen molar-refractivity contribution in [1.29, 1.82) is 0 Å². The molecule has 0 saturated heterocycles. The van der Waals surface area contributed by atoms with Crippen molar-refractivity contribution in [2.45, 2.75) is 18.9 Å². The highest BCUT2D eigenvalue weighted by atomic mass is 79.9. The highest BCUT2D eigenvalue weighted by Gasteiger charge is 2.19. The lowest BCUT2D eigenvalue weighted by molar-refractivity contribution is 0.309. The summed E-state index contributed by atoms with van der Waals surface area (Å²) in [7, 11) is 0. The van der Waals surface area contributed by atoms with Gasteiger partial charge in [0.05, 0.1) is 6.04 Å². The van der Waals surface area contributed by atoms with Gasteiger partial charge in [0.2, 0.25) is 0 Å². The third-order valence-electron chi connectivity index (χ3n) is 2.54. The van der Waals surface area contributed by atoms with Crippen LogP contribution in [0.3, 0.4) is 0 Å². The van der Waals surface area contributed by atoms with Crippen LogP contribution in [0.5, 0.6) is 0 Å². The van der Waals surface area contributed by atoms with Gasteiger partial charge in [0.15, 0.2) is 5.90 Å². The van der Waals surface area contributed by atoms with Gasteiger partial charge in [0.1, 0.15) is 6.61 Å². The molecule has 0 spiro atoms. The predicted molar refractivity (Wildman–Crippen MR) is 68.7 cm³/mol. The van der Waals surface area contributed by atoms with E-state index in [2.05, 4.69) is 33.1 Å². The van der Waals surface area contributed by atoms with Crippen molar-refractivity contribution in [1.82, 2.24) is 0 Å². The third-order valence-corrected chi connectivity index (χ3v) is 3.31. The first-order chi connectivity index (χ1) is 7.79. The first-order valence-electron chi connectivity index (χ1n) is 5.42. The zero-order chi connectivity index (χ0) is 11.4. The zero-order valence-electron chi connectivity index (χ0n) is 9.03. The van der Waals surface area contributed by atoms with E-state index >= 15 is 0 Å². The van der Waals surface area contributed by atoms with Gasteiger partial charge in [-0.3, -0.25) is 0 Å². The Morgan fingerprint density at radius 3 is 3.00 bits per heavy atom. The quantitative estimate of drug-likeness (QED) is 0.920. The number of nitrogens with zero attached hydrogens (tertiary/aromatic N) is 1. The summed E-state index contributed by atoms with van der Waals surface area (Å²) in [5.41, 5.74) is 6.73. The predicted octanol–water partition coefficient (Wildman–Crippen LogP) is 2.14. The first-order valence-corrected chi connectivity index (χ1v) is 6.22. The fourth-order valence-electron chi connectivity index (χ4n) is 1.75. The fraction of sp³-hybridized carbons (Fsp3) is 0.417. The Bertz CT molecular complexity index is 392. The van der Waals surface area contributed by atoms with Gasteiger partial charge in [-0.15, -0.1) is 0 Å². The molecule has 16 heavy (non-hydrogen) atoms. The van der Waals surface area contributed by atoms with Gasteiger partial charge in [0, 0.05) is 17.4 Å². The maximum absolute atomic E-state index is 5.47. The second-order valence-corrected chi connectivity index (χ2v) is 4.68. The summed E-state index contributed by atoms with van der Waals surface area (Å²) in [6, 6.07) is 8.46. The maximum Gasteiger partial charge on any atom is 0.184 e. The molecule has 0 aliphatic carbocycles. The monoisotopic (exact) mass is 282 g/mol. The zero-order valence-corrected chi connectivity index (χ0v) is 10.6. The third kappa shape index (κ3) is 2.83. The van der Waals surface area contributed by atoms with Gasteiger partial charge in [-0.05, 0) is 18.1 Å². The highest BCUT2D eigenvalue weighted by Crippen LogP contribution is 2.20. The Balaban J connectivity index is 1.99. The van der Waals surface area contributed by atoms with Gasteiger partial charge in [0.25, 0.3) is 0 Å². The van der Waals surface area contributed by atoms with E-state index in [9.17, 15) is 0 Å². The molecule has 1 atom stereocenters. The minimum atomic E-state index is 0.236. The normalized spacial score (nSPS) is 19.4. The Hall–Kier alpha value is -0.870. The summed E-state index contributed by atoms with van der Waals surface area (Å²) in [4.78, 5) is 4.51. The maximum atomic E-state index is 5.47. The summed E-state index contributed by atoms with van der Waals surface area (Å²) in [5, 5.41) is 0. The number of rotatable bonds is 4. The average Bonchev–Trinajstić information content (AvgIpc) is 2.70. The van der Waals surface area contributed by atoms with E-state index in [4.69, 9.17) is 10.5 Å². The van der Waals surface area contributed by atoms with Crippen LogP contribution in [0, 0.1) is 0 Å². The number of hydrogen-bond acceptors (Lipinski definition) is 3. The molecule has 86 valence electrons. The van der Waals surface area contributed by atoms with Crippen LogP contribution in [-0.4, -0.2) is 25.1 Å². The van der Waals surface area contributed by atoms with E-state index in [-0.39, 0.29) is 6.04 Å². The van der Waals surface area contributed by atoms with Crippen LogP contribution >= 0.6 is 15.9 Å². The first kappa shape index (κ1) is 11.6. The molecule has 1 aromatic carbocycles. The Labute approximate surface area is 104 Å². The molecular weight excluding hydrogens is 268 g/mol. The number of benzene rings is 1. The van der Waals surface area contributed by atoms with Gasteiger partial charge in [-0.1, -0.05) is 34.1 Å². The molecule has 1 aliphatic heterocycles. The lowest BCUT2D eigenvalue weighted by Crippen LogP contribution is -2.10. The summed E-state index contributed by atoms with van der Waals surface area (Å²) < 4.78 is 6.61. The molecule has 0 aromatic heterocycles. The van der Waals surface area contributed by atoms with E-state index in [1.165, 1.54) is 5.56 Å². The second-order valence-electron chi connectivity index (χ2n) is 3.82. The SMILES string of the molecule is NCCC1=NC(Cc2ccccc2Br)CO1. The van der Waals surface area contributed by atoms with Crippen LogP contribution in [0.1, 0.15) is 12.0 Å². The van der Waals surface area contributed by atoms with E-state index in [0.717, 1.165) is 23.2 Å². The number of aliphatic imine (C=N–C) groups is 1. The van der Waals surface area contributed by atoms with Crippen molar-refractivity contribution in [3.63, 3.8) is 0 Å². The number of nitrogens with two attached hydrogens (primary N) is 1. The van der Waals surface area contributed by atoms with E-state index in [1.54, 1.807) is 0 Å². The van der Waals surface area contributed by atoms with Gasteiger partial charge in [-0.25, -0.2) is 4.99 Å². The molecule has 0 radical (unpaired) electrons. The van der Waals surface area contributed by atoms with E-state index in [1.807, 2.05) is 12.1 Å². The van der Waals surface area contributed by atoms with Gasteiger partial charge >= 0.3 is 0 Å². The molecule has 2 N–H and O–H groups in total. The molecule has 1 unspecified atom stereocenters. The van der Waals surface area contributed by atoms with Crippen LogP contribution in [0.4, 0.5) is 0 Å². The fourth-order valence-corrected chi connectivity index (χ4v) is 2.20. The minimum absolute atomic E-state index is 0.236. The molecular formula is C12H15BrN2O.